The van der Waals surface area contributed by atoms with Crippen molar-refractivity contribution in [3.8, 4) is 0 Å². The van der Waals surface area contributed by atoms with Crippen LogP contribution in [-0.4, -0.2) is 18.1 Å². The van der Waals surface area contributed by atoms with Crippen LogP contribution >= 0.6 is 11.6 Å². The van der Waals surface area contributed by atoms with Crippen molar-refractivity contribution in [2.24, 2.45) is 0 Å². The second-order valence-electron chi connectivity index (χ2n) is 7.27. The molecule has 1 fully saturated rings. The third-order valence-corrected chi connectivity index (χ3v) is 4.58. The van der Waals surface area contributed by atoms with E-state index in [1.165, 1.54) is 36.9 Å². The Balaban J connectivity index is 2.10. The predicted octanol–water partition coefficient (Wildman–Crippen LogP) is 5.00. The molecule has 1 aromatic carbocycles. The molecule has 0 aromatic heterocycles. The van der Waals surface area contributed by atoms with E-state index in [-0.39, 0.29) is 5.54 Å². The summed E-state index contributed by atoms with van der Waals surface area (Å²) in [5.41, 5.74) is 2.56. The molecule has 1 atom stereocenters. The zero-order valence-corrected chi connectivity index (χ0v) is 14.6. The van der Waals surface area contributed by atoms with E-state index in [2.05, 4.69) is 56.1 Å². The number of anilines is 1. The van der Waals surface area contributed by atoms with Crippen molar-refractivity contribution in [2.75, 3.05) is 11.4 Å². The van der Waals surface area contributed by atoms with E-state index in [1.807, 2.05) is 0 Å². The average Bonchev–Trinajstić information content (AvgIpc) is 2.61. The van der Waals surface area contributed by atoms with Crippen LogP contribution in [0.5, 0.6) is 0 Å². The highest BCUT2D eigenvalue weighted by Gasteiger charge is 2.18. The van der Waals surface area contributed by atoms with Gasteiger partial charge in [0.1, 0.15) is 0 Å². The molecule has 2 rings (SSSR count). The van der Waals surface area contributed by atoms with E-state index in [9.17, 15) is 0 Å². The minimum atomic E-state index is 0.112. The quantitative estimate of drug-likeness (QED) is 0.845. The summed E-state index contributed by atoms with van der Waals surface area (Å²) in [6, 6.07) is 7.16. The summed E-state index contributed by atoms with van der Waals surface area (Å²) in [4.78, 5) is 2.51. The van der Waals surface area contributed by atoms with Crippen LogP contribution in [0.3, 0.4) is 0 Å². The molecule has 3 heteroatoms. The van der Waals surface area contributed by atoms with Crippen LogP contribution in [0.25, 0.3) is 0 Å². The smallest absolute Gasteiger partial charge is 0.0471 e. The van der Waals surface area contributed by atoms with Crippen LogP contribution in [0.4, 0.5) is 5.69 Å². The van der Waals surface area contributed by atoms with Crippen molar-refractivity contribution in [1.82, 2.24) is 5.32 Å². The molecule has 0 radical (unpaired) electrons. The fourth-order valence-electron chi connectivity index (χ4n) is 2.88. The molecular formula is C18H29ClN2. The molecule has 0 aliphatic carbocycles. The average molecular weight is 309 g/mol. The molecular weight excluding hydrogens is 280 g/mol. The summed E-state index contributed by atoms with van der Waals surface area (Å²) < 4.78 is 0. The Labute approximate surface area is 134 Å². The highest BCUT2D eigenvalue weighted by atomic mass is 35.5. The van der Waals surface area contributed by atoms with E-state index < -0.39 is 0 Å². The zero-order chi connectivity index (χ0) is 15.5. The zero-order valence-electron chi connectivity index (χ0n) is 13.9. The molecule has 0 saturated carbocycles. The number of rotatable bonds is 3. The Bertz CT molecular complexity index is 465. The maximum atomic E-state index is 6.50. The van der Waals surface area contributed by atoms with Gasteiger partial charge < -0.3 is 10.2 Å². The molecule has 0 bridgehead atoms. The van der Waals surface area contributed by atoms with Gasteiger partial charge in [-0.05, 0) is 58.2 Å². The summed E-state index contributed by atoms with van der Waals surface area (Å²) >= 11 is 6.50. The fraction of sp³-hybridized carbons (Fsp3) is 0.667. The summed E-state index contributed by atoms with van der Waals surface area (Å²) in [6.07, 6.45) is 5.27. The lowest BCUT2D eigenvalue weighted by atomic mass is 10.1. The summed E-state index contributed by atoms with van der Waals surface area (Å²) in [5.74, 6) is 0. The number of nitrogens with zero attached hydrogens (tertiary/aromatic N) is 1. The van der Waals surface area contributed by atoms with Gasteiger partial charge in [0, 0.05) is 35.4 Å². The van der Waals surface area contributed by atoms with Crippen LogP contribution in [0.15, 0.2) is 18.2 Å². The van der Waals surface area contributed by atoms with Gasteiger partial charge in [0.2, 0.25) is 0 Å². The van der Waals surface area contributed by atoms with Crippen molar-refractivity contribution in [2.45, 2.75) is 71.5 Å². The summed E-state index contributed by atoms with van der Waals surface area (Å²) in [6.45, 7) is 10.8. The first-order chi connectivity index (χ1) is 9.87. The fourth-order valence-corrected chi connectivity index (χ4v) is 3.12. The van der Waals surface area contributed by atoms with Crippen molar-refractivity contribution >= 4 is 17.3 Å². The molecule has 1 aliphatic rings. The van der Waals surface area contributed by atoms with Crippen molar-refractivity contribution < 1.29 is 0 Å². The normalized spacial score (nSPS) is 20.4. The molecule has 0 amide bonds. The number of halogens is 1. The number of benzene rings is 1. The second-order valence-corrected chi connectivity index (χ2v) is 7.68. The molecule has 1 aliphatic heterocycles. The van der Waals surface area contributed by atoms with Gasteiger partial charge >= 0.3 is 0 Å². The van der Waals surface area contributed by atoms with E-state index in [1.54, 1.807) is 0 Å². The van der Waals surface area contributed by atoms with Gasteiger partial charge in [0.25, 0.3) is 0 Å². The predicted molar refractivity (Wildman–Crippen MR) is 93.3 cm³/mol. The Morgan fingerprint density at radius 1 is 1.24 bits per heavy atom. The highest BCUT2D eigenvalue weighted by Crippen LogP contribution is 2.28. The van der Waals surface area contributed by atoms with Crippen LogP contribution in [-0.2, 0) is 6.54 Å². The van der Waals surface area contributed by atoms with Crippen molar-refractivity contribution in [3.05, 3.63) is 28.8 Å². The largest absolute Gasteiger partial charge is 0.369 e. The first kappa shape index (κ1) is 16.6. The number of hydrogen-bond donors (Lipinski definition) is 1. The number of hydrogen-bond acceptors (Lipinski definition) is 2. The molecule has 0 spiro atoms. The summed E-state index contributed by atoms with van der Waals surface area (Å²) in [5, 5.41) is 4.37. The minimum absolute atomic E-state index is 0.112. The number of nitrogens with one attached hydrogen (secondary N) is 1. The maximum absolute atomic E-state index is 6.50. The van der Waals surface area contributed by atoms with E-state index in [4.69, 9.17) is 11.6 Å². The van der Waals surface area contributed by atoms with E-state index >= 15 is 0 Å². The van der Waals surface area contributed by atoms with Gasteiger partial charge in [0.05, 0.1) is 0 Å². The van der Waals surface area contributed by atoms with E-state index in [0.717, 1.165) is 18.1 Å². The SMILES string of the molecule is CC1CCCCCN1c1ccc(CNC(C)(C)C)c(Cl)c1. The molecule has 1 unspecified atom stereocenters. The monoisotopic (exact) mass is 308 g/mol. The lowest BCUT2D eigenvalue weighted by molar-refractivity contribution is 0.424. The topological polar surface area (TPSA) is 15.3 Å². The molecule has 2 nitrogen and oxygen atoms in total. The first-order valence-corrected chi connectivity index (χ1v) is 8.55. The molecule has 1 saturated heterocycles. The van der Waals surface area contributed by atoms with Crippen molar-refractivity contribution in [3.63, 3.8) is 0 Å². The Hall–Kier alpha value is -0.730. The lowest BCUT2D eigenvalue weighted by Gasteiger charge is -2.30. The standard InChI is InChI=1S/C18H29ClN2/c1-14-8-6-5-7-11-21(14)16-10-9-15(17(19)12-16)13-20-18(2,3)4/h9-10,12,14,20H,5-8,11,13H2,1-4H3. The second kappa shape index (κ2) is 7.02. The third kappa shape index (κ3) is 4.89. The van der Waals surface area contributed by atoms with E-state index in [0.29, 0.717) is 6.04 Å². The Morgan fingerprint density at radius 3 is 2.67 bits per heavy atom. The van der Waals surface area contributed by atoms with Gasteiger partial charge in [-0.25, -0.2) is 0 Å². The van der Waals surface area contributed by atoms with Crippen LogP contribution in [0.1, 0.15) is 58.9 Å². The lowest BCUT2D eigenvalue weighted by Crippen LogP contribution is -2.35. The third-order valence-electron chi connectivity index (χ3n) is 4.23. The first-order valence-electron chi connectivity index (χ1n) is 8.17. The minimum Gasteiger partial charge on any atom is -0.369 e. The van der Waals surface area contributed by atoms with Gasteiger partial charge in [-0.1, -0.05) is 30.5 Å². The van der Waals surface area contributed by atoms with Crippen LogP contribution < -0.4 is 10.2 Å². The molecule has 118 valence electrons. The maximum Gasteiger partial charge on any atom is 0.0471 e. The van der Waals surface area contributed by atoms with Gasteiger partial charge in [-0.15, -0.1) is 0 Å². The molecule has 1 heterocycles. The van der Waals surface area contributed by atoms with Crippen LogP contribution in [0.2, 0.25) is 5.02 Å². The molecule has 1 N–H and O–H groups in total. The Kier molecular flexibility index (Phi) is 5.56. The van der Waals surface area contributed by atoms with Gasteiger partial charge in [-0.3, -0.25) is 0 Å². The summed E-state index contributed by atoms with van der Waals surface area (Å²) in [7, 11) is 0. The van der Waals surface area contributed by atoms with Gasteiger partial charge in [-0.2, -0.15) is 0 Å². The Morgan fingerprint density at radius 2 is 2.00 bits per heavy atom. The van der Waals surface area contributed by atoms with Crippen molar-refractivity contribution in [1.29, 1.82) is 0 Å². The van der Waals surface area contributed by atoms with Crippen LogP contribution in [0, 0.1) is 0 Å². The van der Waals surface area contributed by atoms with Gasteiger partial charge in [0.15, 0.2) is 0 Å². The highest BCUT2D eigenvalue weighted by molar-refractivity contribution is 6.31. The molecule has 21 heavy (non-hydrogen) atoms. The molecule has 1 aromatic rings.